The minimum Gasteiger partial charge on any atom is -0.550 e. The van der Waals surface area contributed by atoms with Gasteiger partial charge in [0.15, 0.2) is 0 Å². The van der Waals surface area contributed by atoms with Gasteiger partial charge in [-0.3, -0.25) is 4.79 Å². The van der Waals surface area contributed by atoms with Gasteiger partial charge in [-0.15, -0.1) is 0 Å². The molecule has 0 radical (unpaired) electrons. The molecule has 112 valence electrons. The van der Waals surface area contributed by atoms with Gasteiger partial charge in [0.2, 0.25) is 5.91 Å². The van der Waals surface area contributed by atoms with Crippen molar-refractivity contribution in [3.8, 4) is 0 Å². The smallest absolute Gasteiger partial charge is 0.224 e. The fourth-order valence-electron chi connectivity index (χ4n) is 3.51. The van der Waals surface area contributed by atoms with Crippen LogP contribution in [0, 0.1) is 23.7 Å². The first-order chi connectivity index (χ1) is 10.2. The van der Waals surface area contributed by atoms with E-state index in [9.17, 15) is 14.7 Å². The van der Waals surface area contributed by atoms with E-state index >= 15 is 0 Å². The molecule has 3 rings (SSSR count). The van der Waals surface area contributed by atoms with Gasteiger partial charge in [0.1, 0.15) is 0 Å². The fraction of sp³-hybridized carbons (Fsp3) is 0.533. The molecule has 1 fully saturated rings. The number of imidazole rings is 1. The van der Waals surface area contributed by atoms with Crippen LogP contribution in [-0.2, 0) is 16.1 Å². The summed E-state index contributed by atoms with van der Waals surface area (Å²) in [4.78, 5) is 27.5. The summed E-state index contributed by atoms with van der Waals surface area (Å²) < 4.78 is 1.94. The lowest BCUT2D eigenvalue weighted by Gasteiger charge is -2.27. The predicted octanol–water partition coefficient (Wildman–Crippen LogP) is -0.422. The lowest BCUT2D eigenvalue weighted by atomic mass is 9.82. The molecule has 1 amide bonds. The number of carboxylic acids is 1. The van der Waals surface area contributed by atoms with Crippen LogP contribution in [0.1, 0.15) is 12.8 Å². The maximum Gasteiger partial charge on any atom is 0.224 e. The number of allylic oxidation sites excluding steroid dienone is 2. The number of aliphatic carboxylic acids is 1. The lowest BCUT2D eigenvalue weighted by molar-refractivity contribution is -0.313. The molecule has 0 aliphatic heterocycles. The third-order valence-electron chi connectivity index (χ3n) is 4.49. The van der Waals surface area contributed by atoms with Crippen LogP contribution >= 0.6 is 0 Å². The Morgan fingerprint density at radius 1 is 1.29 bits per heavy atom. The number of amides is 1. The average molecular weight is 288 g/mol. The standard InChI is InChI=1S/C15H19N3O3/c19-14(17-4-1-6-18-7-5-16-9-18)12-10-2-3-11(8-10)13(12)15(20)21/h2-3,5,7,9-13H,1,4,6,8H2,(H,17,19)(H,20,21)/p-1/t10-,11+,12+,13-/m1/s1. The molecule has 6 nitrogen and oxygen atoms in total. The first kappa shape index (κ1) is 13.9. The molecule has 0 saturated heterocycles. The first-order valence-corrected chi connectivity index (χ1v) is 7.29. The van der Waals surface area contributed by atoms with Crippen molar-refractivity contribution in [2.45, 2.75) is 19.4 Å². The van der Waals surface area contributed by atoms with E-state index in [0.29, 0.717) is 6.54 Å². The maximum atomic E-state index is 12.3. The van der Waals surface area contributed by atoms with Gasteiger partial charge < -0.3 is 19.8 Å². The highest BCUT2D eigenvalue weighted by atomic mass is 16.4. The summed E-state index contributed by atoms with van der Waals surface area (Å²) >= 11 is 0. The molecule has 1 N–H and O–H groups in total. The van der Waals surface area contributed by atoms with Gasteiger partial charge in [0.05, 0.1) is 12.2 Å². The molecular weight excluding hydrogens is 270 g/mol. The number of carbonyl (C=O) groups excluding carboxylic acids is 2. The number of carboxylic acid groups (broad SMARTS) is 1. The highest BCUT2D eigenvalue weighted by Crippen LogP contribution is 2.47. The average Bonchev–Trinajstić information content (AvgIpc) is 3.18. The van der Waals surface area contributed by atoms with E-state index in [2.05, 4.69) is 10.3 Å². The molecule has 0 unspecified atom stereocenters. The Labute approximate surface area is 122 Å². The van der Waals surface area contributed by atoms with Crippen LogP contribution in [0.4, 0.5) is 0 Å². The number of hydrogen-bond donors (Lipinski definition) is 1. The number of hydrogen-bond acceptors (Lipinski definition) is 4. The van der Waals surface area contributed by atoms with Crippen molar-refractivity contribution < 1.29 is 14.7 Å². The summed E-state index contributed by atoms with van der Waals surface area (Å²) in [6.07, 6.45) is 10.7. The van der Waals surface area contributed by atoms with Crippen LogP contribution in [0.5, 0.6) is 0 Å². The van der Waals surface area contributed by atoms with E-state index in [1.807, 2.05) is 22.9 Å². The largest absolute Gasteiger partial charge is 0.550 e. The van der Waals surface area contributed by atoms with Crippen LogP contribution in [0.25, 0.3) is 0 Å². The second-order valence-electron chi connectivity index (χ2n) is 5.76. The van der Waals surface area contributed by atoms with Crippen LogP contribution in [0.2, 0.25) is 0 Å². The number of aryl methyl sites for hydroxylation is 1. The molecule has 2 bridgehead atoms. The topological polar surface area (TPSA) is 87.0 Å². The minimum atomic E-state index is -1.11. The molecule has 2 aliphatic carbocycles. The number of nitrogens with zero attached hydrogens (tertiary/aromatic N) is 2. The van der Waals surface area contributed by atoms with Gasteiger partial charge in [-0.2, -0.15) is 0 Å². The molecular formula is C15H18N3O3-. The number of rotatable bonds is 6. The van der Waals surface area contributed by atoms with Crippen molar-refractivity contribution in [1.29, 1.82) is 0 Å². The Kier molecular flexibility index (Phi) is 3.77. The van der Waals surface area contributed by atoms with Gasteiger partial charge in [-0.25, -0.2) is 4.98 Å². The highest BCUT2D eigenvalue weighted by Gasteiger charge is 2.48. The number of carbonyl (C=O) groups is 2. The Hall–Kier alpha value is -2.11. The van der Waals surface area contributed by atoms with E-state index in [-0.39, 0.29) is 17.7 Å². The summed E-state index contributed by atoms with van der Waals surface area (Å²) in [5, 5.41) is 14.1. The van der Waals surface area contributed by atoms with E-state index in [1.54, 1.807) is 12.5 Å². The summed E-state index contributed by atoms with van der Waals surface area (Å²) in [5.41, 5.74) is 0. The fourth-order valence-corrected chi connectivity index (χ4v) is 3.51. The second kappa shape index (κ2) is 5.71. The molecule has 21 heavy (non-hydrogen) atoms. The molecule has 2 aliphatic rings. The number of aromatic nitrogens is 2. The molecule has 4 atom stereocenters. The van der Waals surface area contributed by atoms with E-state index in [0.717, 1.165) is 19.4 Å². The Balaban J connectivity index is 1.51. The van der Waals surface area contributed by atoms with Crippen molar-refractivity contribution in [1.82, 2.24) is 14.9 Å². The van der Waals surface area contributed by atoms with E-state index < -0.39 is 17.8 Å². The zero-order valence-corrected chi connectivity index (χ0v) is 11.6. The zero-order valence-electron chi connectivity index (χ0n) is 11.6. The Morgan fingerprint density at radius 2 is 2.05 bits per heavy atom. The number of nitrogens with one attached hydrogen (secondary N) is 1. The summed E-state index contributed by atoms with van der Waals surface area (Å²) in [6.45, 7) is 1.31. The minimum absolute atomic E-state index is 0.0401. The molecule has 1 saturated carbocycles. The molecule has 1 aromatic heterocycles. The zero-order chi connectivity index (χ0) is 14.8. The summed E-state index contributed by atoms with van der Waals surface area (Å²) in [5.74, 6) is -2.41. The third-order valence-corrected chi connectivity index (χ3v) is 4.49. The van der Waals surface area contributed by atoms with Crippen molar-refractivity contribution >= 4 is 11.9 Å². The normalized spacial score (nSPS) is 29.7. The highest BCUT2D eigenvalue weighted by molar-refractivity contribution is 5.86. The van der Waals surface area contributed by atoms with Crippen molar-refractivity contribution in [3.05, 3.63) is 30.9 Å². The van der Waals surface area contributed by atoms with Crippen molar-refractivity contribution in [3.63, 3.8) is 0 Å². The van der Waals surface area contributed by atoms with Crippen LogP contribution in [-0.4, -0.2) is 28.0 Å². The predicted molar refractivity (Wildman–Crippen MR) is 72.6 cm³/mol. The Bertz CT molecular complexity index is 553. The van der Waals surface area contributed by atoms with E-state index in [4.69, 9.17) is 0 Å². The van der Waals surface area contributed by atoms with Gasteiger partial charge in [-0.05, 0) is 24.7 Å². The van der Waals surface area contributed by atoms with Crippen LogP contribution in [0.3, 0.4) is 0 Å². The number of fused-ring (bicyclic) bond motifs is 2. The van der Waals surface area contributed by atoms with Crippen LogP contribution in [0.15, 0.2) is 30.9 Å². The van der Waals surface area contributed by atoms with Crippen molar-refractivity contribution in [2.75, 3.05) is 6.54 Å². The van der Waals surface area contributed by atoms with E-state index in [1.165, 1.54) is 0 Å². The second-order valence-corrected chi connectivity index (χ2v) is 5.76. The first-order valence-electron chi connectivity index (χ1n) is 7.29. The molecule has 0 spiro atoms. The van der Waals surface area contributed by atoms with Crippen molar-refractivity contribution in [2.24, 2.45) is 23.7 Å². The molecule has 1 aromatic rings. The van der Waals surface area contributed by atoms with Gasteiger partial charge in [-0.1, -0.05) is 12.2 Å². The maximum absolute atomic E-state index is 12.3. The van der Waals surface area contributed by atoms with Gasteiger partial charge in [0, 0.05) is 37.4 Å². The van der Waals surface area contributed by atoms with Gasteiger partial charge in [0.25, 0.3) is 0 Å². The SMILES string of the molecule is O=C(NCCCn1ccnc1)[C@@H]1[C@H](C(=O)[O-])[C@H]2C=C[C@@H]1C2. The summed E-state index contributed by atoms with van der Waals surface area (Å²) in [7, 11) is 0. The Morgan fingerprint density at radius 3 is 2.71 bits per heavy atom. The molecule has 1 heterocycles. The lowest BCUT2D eigenvalue weighted by Crippen LogP contribution is -2.45. The quantitative estimate of drug-likeness (QED) is 0.569. The molecule has 0 aromatic carbocycles. The summed E-state index contributed by atoms with van der Waals surface area (Å²) in [6, 6.07) is 0. The molecule has 6 heteroatoms. The third kappa shape index (κ3) is 2.70. The van der Waals surface area contributed by atoms with Gasteiger partial charge >= 0.3 is 0 Å². The monoisotopic (exact) mass is 288 g/mol. The van der Waals surface area contributed by atoms with Crippen LogP contribution < -0.4 is 10.4 Å².